The second-order valence-electron chi connectivity index (χ2n) is 4.99. The highest BCUT2D eigenvalue weighted by molar-refractivity contribution is 8.02. The van der Waals surface area contributed by atoms with Gasteiger partial charge < -0.3 is 9.80 Å². The molecule has 92 valence electrons. The number of rotatable bonds is 5. The summed E-state index contributed by atoms with van der Waals surface area (Å²) in [5.41, 5.74) is 0. The summed E-state index contributed by atoms with van der Waals surface area (Å²) in [4.78, 5) is 5.12. The van der Waals surface area contributed by atoms with Gasteiger partial charge in [0.25, 0.3) is 0 Å². The molecule has 3 heteroatoms. The third kappa shape index (κ3) is 3.70. The van der Waals surface area contributed by atoms with Crippen LogP contribution in [0.3, 0.4) is 0 Å². The number of hydrogen-bond acceptors (Lipinski definition) is 3. The standard InChI is InChI=1S/C13H24N2S/c1-2-3-6-14-7-4-13(5-8-14)11-15-9-10-16-12-15/h9-10,13H,2-8,11-12H2,1H3. The van der Waals surface area contributed by atoms with Crippen molar-refractivity contribution in [1.82, 2.24) is 9.80 Å². The van der Waals surface area contributed by atoms with Crippen molar-refractivity contribution in [2.75, 3.05) is 32.1 Å². The minimum atomic E-state index is 0.932. The lowest BCUT2D eigenvalue weighted by Gasteiger charge is -2.33. The van der Waals surface area contributed by atoms with Crippen molar-refractivity contribution in [2.45, 2.75) is 32.6 Å². The molecule has 2 nitrogen and oxygen atoms in total. The lowest BCUT2D eigenvalue weighted by molar-refractivity contribution is 0.165. The Hall–Kier alpha value is -0.150. The van der Waals surface area contributed by atoms with Gasteiger partial charge in [0, 0.05) is 12.7 Å². The molecule has 0 spiro atoms. The van der Waals surface area contributed by atoms with Gasteiger partial charge in [-0.3, -0.25) is 0 Å². The average molecular weight is 240 g/mol. The molecule has 2 aliphatic heterocycles. The van der Waals surface area contributed by atoms with Crippen LogP contribution in [0, 0.1) is 5.92 Å². The highest BCUT2D eigenvalue weighted by Gasteiger charge is 2.20. The molecule has 1 saturated heterocycles. The average Bonchev–Trinajstić information content (AvgIpc) is 2.81. The summed E-state index contributed by atoms with van der Waals surface area (Å²) >= 11 is 1.92. The van der Waals surface area contributed by atoms with Crippen LogP contribution in [0.2, 0.25) is 0 Å². The zero-order chi connectivity index (χ0) is 11.2. The van der Waals surface area contributed by atoms with E-state index in [1.807, 2.05) is 11.8 Å². The SMILES string of the molecule is CCCCN1CCC(CN2C=CSC2)CC1. The molecule has 0 bridgehead atoms. The van der Waals surface area contributed by atoms with Gasteiger partial charge in [0.1, 0.15) is 0 Å². The molecule has 0 amide bonds. The van der Waals surface area contributed by atoms with Crippen molar-refractivity contribution < 1.29 is 0 Å². The Labute approximate surface area is 104 Å². The van der Waals surface area contributed by atoms with Gasteiger partial charge in [0.2, 0.25) is 0 Å². The lowest BCUT2D eigenvalue weighted by atomic mass is 9.96. The summed E-state index contributed by atoms with van der Waals surface area (Å²) in [5.74, 6) is 2.11. The van der Waals surface area contributed by atoms with Crippen LogP contribution in [0.5, 0.6) is 0 Å². The van der Waals surface area contributed by atoms with Crippen molar-refractivity contribution in [3.8, 4) is 0 Å². The van der Waals surface area contributed by atoms with Crippen LogP contribution in [-0.2, 0) is 0 Å². The normalized spacial score (nSPS) is 23.2. The first kappa shape index (κ1) is 12.3. The van der Waals surface area contributed by atoms with E-state index in [0.29, 0.717) is 0 Å². The predicted octanol–water partition coefficient (Wildman–Crippen LogP) is 2.98. The monoisotopic (exact) mass is 240 g/mol. The fourth-order valence-electron chi connectivity index (χ4n) is 2.53. The van der Waals surface area contributed by atoms with Crippen molar-refractivity contribution in [3.05, 3.63) is 11.6 Å². The molecule has 2 rings (SSSR count). The minimum absolute atomic E-state index is 0.932. The highest BCUT2D eigenvalue weighted by Crippen LogP contribution is 2.22. The molecule has 2 aliphatic rings. The van der Waals surface area contributed by atoms with E-state index in [9.17, 15) is 0 Å². The first-order valence-corrected chi connectivity index (χ1v) is 7.68. The molecule has 16 heavy (non-hydrogen) atoms. The van der Waals surface area contributed by atoms with E-state index in [-0.39, 0.29) is 0 Å². The van der Waals surface area contributed by atoms with E-state index >= 15 is 0 Å². The Bertz CT molecular complexity index is 222. The maximum Gasteiger partial charge on any atom is 0.0675 e. The van der Waals surface area contributed by atoms with E-state index in [4.69, 9.17) is 0 Å². The highest BCUT2D eigenvalue weighted by atomic mass is 32.2. The second kappa shape index (κ2) is 6.55. The second-order valence-corrected chi connectivity index (χ2v) is 5.85. The fraction of sp³-hybridized carbons (Fsp3) is 0.846. The Morgan fingerprint density at radius 2 is 2.12 bits per heavy atom. The van der Waals surface area contributed by atoms with Crippen molar-refractivity contribution in [1.29, 1.82) is 0 Å². The molecule has 0 unspecified atom stereocenters. The molecule has 0 saturated carbocycles. The summed E-state index contributed by atoms with van der Waals surface area (Å²) in [5, 5.41) is 2.22. The first-order valence-electron chi connectivity index (χ1n) is 6.63. The molecule has 0 aliphatic carbocycles. The molecular weight excluding hydrogens is 216 g/mol. The maximum atomic E-state index is 2.65. The number of likely N-dealkylation sites (tertiary alicyclic amines) is 1. The van der Waals surface area contributed by atoms with Crippen molar-refractivity contribution in [2.24, 2.45) is 5.92 Å². The van der Waals surface area contributed by atoms with Crippen molar-refractivity contribution in [3.63, 3.8) is 0 Å². The van der Waals surface area contributed by atoms with Crippen LogP contribution >= 0.6 is 11.8 Å². The molecule has 0 aromatic heterocycles. The van der Waals surface area contributed by atoms with E-state index < -0.39 is 0 Å². The van der Waals surface area contributed by atoms with Crippen LogP contribution in [0.4, 0.5) is 0 Å². The Kier molecular flexibility index (Phi) is 5.04. The van der Waals surface area contributed by atoms with Gasteiger partial charge in [-0.15, -0.1) is 11.8 Å². The molecule has 2 heterocycles. The zero-order valence-electron chi connectivity index (χ0n) is 10.4. The molecule has 0 radical (unpaired) electrons. The van der Waals surface area contributed by atoms with Gasteiger partial charge in [-0.25, -0.2) is 0 Å². The van der Waals surface area contributed by atoms with Gasteiger partial charge in [0.05, 0.1) is 5.88 Å². The van der Waals surface area contributed by atoms with E-state index in [1.165, 1.54) is 57.7 Å². The summed E-state index contributed by atoms with van der Waals surface area (Å²) in [6.45, 7) is 7.54. The van der Waals surface area contributed by atoms with Crippen LogP contribution in [0.25, 0.3) is 0 Å². The fourth-order valence-corrected chi connectivity index (χ4v) is 3.26. The smallest absolute Gasteiger partial charge is 0.0675 e. The third-order valence-electron chi connectivity index (χ3n) is 3.64. The number of piperidine rings is 1. The van der Waals surface area contributed by atoms with E-state index in [2.05, 4.69) is 28.3 Å². The molecule has 0 aromatic carbocycles. The lowest BCUT2D eigenvalue weighted by Crippen LogP contribution is -2.37. The topological polar surface area (TPSA) is 6.48 Å². The maximum absolute atomic E-state index is 2.65. The van der Waals surface area contributed by atoms with Crippen LogP contribution in [0.1, 0.15) is 32.6 Å². The summed E-state index contributed by atoms with van der Waals surface area (Å²) in [6, 6.07) is 0. The van der Waals surface area contributed by atoms with E-state index in [0.717, 1.165) is 5.92 Å². The van der Waals surface area contributed by atoms with E-state index in [1.54, 1.807) is 0 Å². The Morgan fingerprint density at radius 1 is 1.31 bits per heavy atom. The largest absolute Gasteiger partial charge is 0.367 e. The summed E-state index contributed by atoms with van der Waals surface area (Å²) in [6.07, 6.45) is 7.76. The predicted molar refractivity (Wildman–Crippen MR) is 72.4 cm³/mol. The number of hydrogen-bond donors (Lipinski definition) is 0. The van der Waals surface area contributed by atoms with Gasteiger partial charge in [-0.2, -0.15) is 0 Å². The number of unbranched alkanes of at least 4 members (excludes halogenated alkanes) is 1. The van der Waals surface area contributed by atoms with Crippen LogP contribution < -0.4 is 0 Å². The van der Waals surface area contributed by atoms with Crippen LogP contribution in [0.15, 0.2) is 11.6 Å². The van der Waals surface area contributed by atoms with Gasteiger partial charge >= 0.3 is 0 Å². The molecule has 1 fully saturated rings. The van der Waals surface area contributed by atoms with Gasteiger partial charge in [-0.05, 0) is 50.2 Å². The molecular formula is C13H24N2S. The van der Waals surface area contributed by atoms with Gasteiger partial charge in [-0.1, -0.05) is 13.3 Å². The zero-order valence-corrected chi connectivity index (χ0v) is 11.2. The van der Waals surface area contributed by atoms with Crippen molar-refractivity contribution >= 4 is 11.8 Å². The summed E-state index contributed by atoms with van der Waals surface area (Å²) in [7, 11) is 0. The number of nitrogens with zero attached hydrogens (tertiary/aromatic N) is 2. The summed E-state index contributed by atoms with van der Waals surface area (Å²) < 4.78 is 0. The third-order valence-corrected chi connectivity index (χ3v) is 4.43. The van der Waals surface area contributed by atoms with Crippen LogP contribution in [-0.4, -0.2) is 41.9 Å². The van der Waals surface area contributed by atoms with Gasteiger partial charge in [0.15, 0.2) is 0 Å². The Balaban J connectivity index is 1.62. The first-order chi connectivity index (χ1) is 7.88. The molecule has 0 atom stereocenters. The minimum Gasteiger partial charge on any atom is -0.367 e. The molecule has 0 aromatic rings. The number of thioether (sulfide) groups is 1. The Morgan fingerprint density at radius 3 is 2.75 bits per heavy atom. The molecule has 0 N–H and O–H groups in total. The quantitative estimate of drug-likeness (QED) is 0.729.